The van der Waals surface area contributed by atoms with E-state index in [0.717, 1.165) is 12.0 Å². The van der Waals surface area contributed by atoms with E-state index in [1.807, 2.05) is 30.4 Å². The minimum atomic E-state index is 0.162. The largest absolute Gasteiger partial charge is 0.384 e. The average molecular weight is 170 g/mol. The number of nitrogens with one attached hydrogen (secondary N) is 1. The normalized spacial score (nSPS) is 18.6. The quantitative estimate of drug-likeness (QED) is 0.352. The van der Waals surface area contributed by atoms with Crippen LogP contribution in [0.4, 0.5) is 0 Å². The van der Waals surface area contributed by atoms with Crippen LogP contribution in [0.2, 0.25) is 0 Å². The number of hydrogen-bond donors (Lipinski definition) is 2. The van der Waals surface area contributed by atoms with Crippen LogP contribution >= 0.6 is 0 Å². The number of hydrogen-bond acceptors (Lipinski definition) is 1. The molecule has 0 aromatic carbocycles. The molecule has 2 rings (SSSR count). The lowest BCUT2D eigenvalue weighted by Crippen LogP contribution is -2.15. The summed E-state index contributed by atoms with van der Waals surface area (Å²) in [7, 11) is 0. The predicted molar refractivity (Wildman–Crippen MR) is 53.4 cm³/mol. The highest BCUT2D eigenvalue weighted by Crippen LogP contribution is 2.26. The van der Waals surface area contributed by atoms with Crippen LogP contribution in [-0.2, 0) is 0 Å². The third-order valence-electron chi connectivity index (χ3n) is 2.18. The molecule has 0 radical (unpaired) electrons. The van der Waals surface area contributed by atoms with Gasteiger partial charge in [0.1, 0.15) is 5.84 Å². The van der Waals surface area contributed by atoms with Gasteiger partial charge in [0.2, 0.25) is 0 Å². The number of amidine groups is 1. The molecule has 0 bridgehead atoms. The Morgan fingerprint density at radius 2 is 2.23 bits per heavy atom. The van der Waals surface area contributed by atoms with E-state index in [2.05, 4.69) is 5.73 Å². The highest BCUT2D eigenvalue weighted by atomic mass is 14.7. The molecule has 0 aliphatic heterocycles. The van der Waals surface area contributed by atoms with Crippen LogP contribution in [0, 0.1) is 5.41 Å². The van der Waals surface area contributed by atoms with Gasteiger partial charge in [-0.05, 0) is 28.9 Å². The van der Waals surface area contributed by atoms with E-state index in [4.69, 9.17) is 11.1 Å². The maximum Gasteiger partial charge on any atom is 0.118 e. The number of allylic oxidation sites excluding steroid dienone is 6. The minimum absolute atomic E-state index is 0.162. The van der Waals surface area contributed by atoms with Gasteiger partial charge in [0.05, 0.1) is 0 Å². The van der Waals surface area contributed by atoms with E-state index in [1.165, 1.54) is 11.1 Å². The zero-order valence-electron chi connectivity index (χ0n) is 7.17. The van der Waals surface area contributed by atoms with Gasteiger partial charge < -0.3 is 5.73 Å². The van der Waals surface area contributed by atoms with Gasteiger partial charge >= 0.3 is 0 Å². The van der Waals surface area contributed by atoms with Crippen molar-refractivity contribution in [2.24, 2.45) is 5.73 Å². The molecule has 2 heteroatoms. The van der Waals surface area contributed by atoms with Crippen molar-refractivity contribution in [1.29, 1.82) is 5.41 Å². The van der Waals surface area contributed by atoms with E-state index in [-0.39, 0.29) is 5.84 Å². The van der Waals surface area contributed by atoms with Gasteiger partial charge in [-0.15, -0.1) is 5.73 Å². The van der Waals surface area contributed by atoms with E-state index >= 15 is 0 Å². The first-order valence-electron chi connectivity index (χ1n) is 4.14. The molecule has 0 heterocycles. The zero-order valence-corrected chi connectivity index (χ0v) is 7.17. The fourth-order valence-corrected chi connectivity index (χ4v) is 1.43. The Kier molecular flexibility index (Phi) is 1.76. The van der Waals surface area contributed by atoms with Crippen molar-refractivity contribution in [3.63, 3.8) is 0 Å². The molecule has 0 saturated carbocycles. The van der Waals surface area contributed by atoms with Crippen LogP contribution in [-0.4, -0.2) is 5.84 Å². The third-order valence-corrected chi connectivity index (χ3v) is 2.18. The second kappa shape index (κ2) is 2.92. The van der Waals surface area contributed by atoms with Crippen molar-refractivity contribution >= 4 is 5.84 Å². The van der Waals surface area contributed by atoms with Crippen molar-refractivity contribution in [2.75, 3.05) is 0 Å². The Bertz CT molecular complexity index is 413. The molecule has 64 valence electrons. The second-order valence-corrected chi connectivity index (χ2v) is 3.07. The summed E-state index contributed by atoms with van der Waals surface area (Å²) in [5.74, 6) is 0.162. The first-order chi connectivity index (χ1) is 6.27. The van der Waals surface area contributed by atoms with Crippen molar-refractivity contribution in [1.82, 2.24) is 0 Å². The summed E-state index contributed by atoms with van der Waals surface area (Å²) in [6, 6.07) is 0. The maximum absolute atomic E-state index is 7.31. The molecule has 3 N–H and O–H groups in total. The molecule has 13 heavy (non-hydrogen) atoms. The highest BCUT2D eigenvalue weighted by molar-refractivity contribution is 5.95. The van der Waals surface area contributed by atoms with Gasteiger partial charge in [0.25, 0.3) is 0 Å². The number of fused-ring (bicyclic) bond motifs is 1. The van der Waals surface area contributed by atoms with Crippen molar-refractivity contribution in [2.45, 2.75) is 6.42 Å². The summed E-state index contributed by atoms with van der Waals surface area (Å²) in [5, 5.41) is 7.31. The fraction of sp³-hybridized carbons (Fsp3) is 0.0909. The zero-order chi connectivity index (χ0) is 9.26. The average Bonchev–Trinajstić information content (AvgIpc) is 2.17. The second-order valence-electron chi connectivity index (χ2n) is 3.07. The first kappa shape index (κ1) is 7.84. The molecule has 0 unspecified atom stereocenters. The van der Waals surface area contributed by atoms with Crippen LogP contribution in [0.3, 0.4) is 0 Å². The van der Waals surface area contributed by atoms with Gasteiger partial charge in [0, 0.05) is 6.42 Å². The summed E-state index contributed by atoms with van der Waals surface area (Å²) in [6.07, 6.45) is 10.5. The third kappa shape index (κ3) is 1.40. The van der Waals surface area contributed by atoms with E-state index < -0.39 is 0 Å². The summed E-state index contributed by atoms with van der Waals surface area (Å²) in [6.45, 7) is 0. The molecule has 0 aromatic rings. The summed E-state index contributed by atoms with van der Waals surface area (Å²) < 4.78 is 0. The van der Waals surface area contributed by atoms with E-state index in [0.29, 0.717) is 0 Å². The molecule has 0 amide bonds. The maximum atomic E-state index is 7.31. The Morgan fingerprint density at radius 3 is 3.00 bits per heavy atom. The highest BCUT2D eigenvalue weighted by Gasteiger charge is 2.12. The lowest BCUT2D eigenvalue weighted by molar-refractivity contribution is 1.15. The standard InChI is InChI=1S/C11H10N2/c12-11(13)10-6-5-8-3-1-2-4-9(8)7-10/h2-6H,7H2,(H3,12,13). The van der Waals surface area contributed by atoms with E-state index in [9.17, 15) is 0 Å². The SMILES string of the molecule is N=C(N)C1=CC=C2C=C=CC=C2C1. The van der Waals surface area contributed by atoms with Gasteiger partial charge in [-0.25, -0.2) is 0 Å². The van der Waals surface area contributed by atoms with Crippen molar-refractivity contribution in [3.05, 3.63) is 52.8 Å². The van der Waals surface area contributed by atoms with Gasteiger partial charge in [-0.1, -0.05) is 18.2 Å². The number of nitrogens with two attached hydrogens (primary N) is 1. The lowest BCUT2D eigenvalue weighted by Gasteiger charge is -2.15. The summed E-state index contributed by atoms with van der Waals surface area (Å²) >= 11 is 0. The van der Waals surface area contributed by atoms with E-state index in [1.54, 1.807) is 0 Å². The molecule has 2 aliphatic rings. The Hall–Kier alpha value is -1.79. The van der Waals surface area contributed by atoms with Crippen LogP contribution in [0.5, 0.6) is 0 Å². The molecule has 2 aliphatic carbocycles. The Morgan fingerprint density at radius 1 is 1.38 bits per heavy atom. The van der Waals surface area contributed by atoms with Gasteiger partial charge in [-0.3, -0.25) is 5.41 Å². The Labute approximate surface area is 77.0 Å². The van der Waals surface area contributed by atoms with Crippen LogP contribution in [0.25, 0.3) is 0 Å². The van der Waals surface area contributed by atoms with Gasteiger partial charge in [0.15, 0.2) is 0 Å². The monoisotopic (exact) mass is 170 g/mol. The fourth-order valence-electron chi connectivity index (χ4n) is 1.43. The molecule has 0 saturated heterocycles. The van der Waals surface area contributed by atoms with Crippen LogP contribution in [0.15, 0.2) is 52.8 Å². The molecule has 0 fully saturated rings. The molecule has 0 spiro atoms. The Balaban J connectivity index is 2.39. The topological polar surface area (TPSA) is 49.9 Å². The molecule has 2 nitrogen and oxygen atoms in total. The molecule has 0 atom stereocenters. The van der Waals surface area contributed by atoms with Crippen LogP contribution in [0.1, 0.15) is 6.42 Å². The van der Waals surface area contributed by atoms with Crippen LogP contribution < -0.4 is 5.73 Å². The lowest BCUT2D eigenvalue weighted by atomic mass is 9.90. The van der Waals surface area contributed by atoms with Crippen molar-refractivity contribution < 1.29 is 0 Å². The molecular weight excluding hydrogens is 160 g/mol. The number of rotatable bonds is 1. The molecular formula is C11H10N2. The predicted octanol–water partition coefficient (Wildman–Crippen LogP) is 1.83. The first-order valence-corrected chi connectivity index (χ1v) is 4.14. The van der Waals surface area contributed by atoms with Gasteiger partial charge in [-0.2, -0.15) is 0 Å². The minimum Gasteiger partial charge on any atom is -0.384 e. The smallest absolute Gasteiger partial charge is 0.118 e. The van der Waals surface area contributed by atoms with Crippen molar-refractivity contribution in [3.8, 4) is 0 Å². The summed E-state index contributed by atoms with van der Waals surface area (Å²) in [5.41, 5.74) is 11.7. The molecule has 0 aromatic heterocycles. The summed E-state index contributed by atoms with van der Waals surface area (Å²) in [4.78, 5) is 0.